The van der Waals surface area contributed by atoms with Gasteiger partial charge in [-0.3, -0.25) is 9.59 Å². The van der Waals surface area contributed by atoms with Crippen LogP contribution in [0, 0.1) is 5.92 Å². The quantitative estimate of drug-likeness (QED) is 0.881. The van der Waals surface area contributed by atoms with E-state index in [1.807, 2.05) is 30.3 Å². The molecule has 1 saturated carbocycles. The van der Waals surface area contributed by atoms with Crippen molar-refractivity contribution in [1.29, 1.82) is 0 Å². The summed E-state index contributed by atoms with van der Waals surface area (Å²) in [4.78, 5) is 25.1. The first-order valence-electron chi connectivity index (χ1n) is 8.95. The molecule has 27 heavy (non-hydrogen) atoms. The molecule has 2 aromatic rings. The second-order valence-electron chi connectivity index (χ2n) is 6.92. The molecule has 1 aromatic carbocycles. The minimum absolute atomic E-state index is 0.0532. The topological polar surface area (TPSA) is 51.1 Å². The van der Waals surface area contributed by atoms with Gasteiger partial charge in [-0.05, 0) is 37.0 Å². The number of halogens is 3. The molecule has 0 spiro atoms. The maximum absolute atomic E-state index is 12.9. The number of pyridine rings is 1. The predicted molar refractivity (Wildman–Crippen MR) is 95.5 cm³/mol. The third-order valence-electron chi connectivity index (χ3n) is 4.93. The van der Waals surface area contributed by atoms with E-state index in [1.165, 1.54) is 10.6 Å². The summed E-state index contributed by atoms with van der Waals surface area (Å²) in [7, 11) is 0. The van der Waals surface area contributed by atoms with Crippen LogP contribution >= 0.6 is 0 Å². The predicted octanol–water partition coefficient (Wildman–Crippen LogP) is 3.75. The number of hydrogen-bond acceptors (Lipinski definition) is 2. The third kappa shape index (κ3) is 4.78. The molecule has 0 bridgehead atoms. The molecule has 0 aliphatic heterocycles. The highest BCUT2D eigenvalue weighted by atomic mass is 19.4. The lowest BCUT2D eigenvalue weighted by Gasteiger charge is -2.31. The van der Waals surface area contributed by atoms with Crippen LogP contribution in [-0.4, -0.2) is 22.7 Å². The standard InChI is InChI=1S/C20H21F3N2O2/c21-20(22,23)15-8-4-9-16(12-15)24-18(26)17-10-5-11-25(19(17)27)13-14-6-2-1-3-7-14/h1-3,5-7,10-11,15-16H,4,8-9,12-13H2,(H,24,26). The summed E-state index contributed by atoms with van der Waals surface area (Å²) in [5, 5.41) is 2.62. The van der Waals surface area contributed by atoms with E-state index in [0.717, 1.165) is 5.56 Å². The average molecular weight is 378 g/mol. The van der Waals surface area contributed by atoms with Crippen LogP contribution in [-0.2, 0) is 6.54 Å². The molecular weight excluding hydrogens is 357 g/mol. The molecule has 1 amide bonds. The lowest BCUT2D eigenvalue weighted by Crippen LogP contribution is -2.43. The number of nitrogens with one attached hydrogen (secondary N) is 1. The Hall–Kier alpha value is -2.57. The molecule has 4 nitrogen and oxygen atoms in total. The van der Waals surface area contributed by atoms with Crippen LogP contribution in [0.3, 0.4) is 0 Å². The number of nitrogens with zero attached hydrogens (tertiary/aromatic N) is 1. The third-order valence-corrected chi connectivity index (χ3v) is 4.93. The monoisotopic (exact) mass is 378 g/mol. The van der Waals surface area contributed by atoms with E-state index in [9.17, 15) is 22.8 Å². The summed E-state index contributed by atoms with van der Waals surface area (Å²) >= 11 is 0. The SMILES string of the molecule is O=C(NC1CCCC(C(F)(F)F)C1)c1cccn(Cc2ccccc2)c1=O. The molecule has 1 aromatic heterocycles. The molecular formula is C20H21F3N2O2. The zero-order chi connectivity index (χ0) is 19.4. The largest absolute Gasteiger partial charge is 0.391 e. The van der Waals surface area contributed by atoms with Crippen LogP contribution in [0.5, 0.6) is 0 Å². The highest BCUT2D eigenvalue weighted by molar-refractivity contribution is 5.94. The van der Waals surface area contributed by atoms with Crippen LogP contribution in [0.2, 0.25) is 0 Å². The number of rotatable bonds is 4. The molecule has 7 heteroatoms. The summed E-state index contributed by atoms with van der Waals surface area (Å²) in [5.74, 6) is -2.02. The van der Waals surface area contributed by atoms with Gasteiger partial charge in [-0.1, -0.05) is 36.8 Å². The number of benzene rings is 1. The van der Waals surface area contributed by atoms with Crippen molar-refractivity contribution < 1.29 is 18.0 Å². The zero-order valence-electron chi connectivity index (χ0n) is 14.7. The van der Waals surface area contributed by atoms with Crippen LogP contribution < -0.4 is 10.9 Å². The van der Waals surface area contributed by atoms with Gasteiger partial charge >= 0.3 is 6.18 Å². The lowest BCUT2D eigenvalue weighted by molar-refractivity contribution is -0.183. The Bertz CT molecular complexity index is 846. The first-order valence-corrected chi connectivity index (χ1v) is 8.95. The van der Waals surface area contributed by atoms with Gasteiger partial charge in [-0.15, -0.1) is 0 Å². The van der Waals surface area contributed by atoms with Crippen molar-refractivity contribution in [1.82, 2.24) is 9.88 Å². The molecule has 1 aliphatic rings. The fourth-order valence-corrected chi connectivity index (χ4v) is 3.50. The maximum atomic E-state index is 12.9. The molecule has 1 N–H and O–H groups in total. The molecule has 0 saturated heterocycles. The number of hydrogen-bond donors (Lipinski definition) is 1. The number of aromatic nitrogens is 1. The second kappa shape index (κ2) is 7.98. The molecule has 1 heterocycles. The minimum atomic E-state index is -4.25. The summed E-state index contributed by atoms with van der Waals surface area (Å²) in [6, 6.07) is 11.8. The Labute approximate surface area is 155 Å². The molecule has 1 fully saturated rings. The van der Waals surface area contributed by atoms with Crippen LogP contribution in [0.4, 0.5) is 13.2 Å². The van der Waals surface area contributed by atoms with Crippen molar-refractivity contribution >= 4 is 5.91 Å². The van der Waals surface area contributed by atoms with Crippen molar-refractivity contribution in [2.24, 2.45) is 5.92 Å². The van der Waals surface area contributed by atoms with Gasteiger partial charge < -0.3 is 9.88 Å². The Kier molecular flexibility index (Phi) is 5.68. The Morgan fingerprint density at radius 2 is 1.85 bits per heavy atom. The summed E-state index contributed by atoms with van der Waals surface area (Å²) in [5.41, 5.74) is 0.405. The molecule has 1 aliphatic carbocycles. The Morgan fingerprint density at radius 1 is 1.11 bits per heavy atom. The van der Waals surface area contributed by atoms with E-state index >= 15 is 0 Å². The van der Waals surface area contributed by atoms with E-state index in [0.29, 0.717) is 19.4 Å². The fraction of sp³-hybridized carbons (Fsp3) is 0.400. The number of amides is 1. The highest BCUT2D eigenvalue weighted by Gasteiger charge is 2.42. The summed E-state index contributed by atoms with van der Waals surface area (Å²) < 4.78 is 40.2. The smallest absolute Gasteiger partial charge is 0.349 e. The number of carbonyl (C=O) groups is 1. The highest BCUT2D eigenvalue weighted by Crippen LogP contribution is 2.37. The molecule has 3 rings (SSSR count). The van der Waals surface area contributed by atoms with E-state index < -0.39 is 29.6 Å². The maximum Gasteiger partial charge on any atom is 0.391 e. The summed E-state index contributed by atoms with van der Waals surface area (Å²) in [6.45, 7) is 0.320. The van der Waals surface area contributed by atoms with Gasteiger partial charge in [0.05, 0.1) is 12.5 Å². The molecule has 2 atom stereocenters. The first-order chi connectivity index (χ1) is 12.8. The van der Waals surface area contributed by atoms with E-state index in [-0.39, 0.29) is 18.4 Å². The lowest BCUT2D eigenvalue weighted by atomic mass is 9.85. The van der Waals surface area contributed by atoms with E-state index in [2.05, 4.69) is 5.32 Å². The average Bonchev–Trinajstić information content (AvgIpc) is 2.64. The normalized spacial score (nSPS) is 20.3. The van der Waals surface area contributed by atoms with Gasteiger partial charge in [-0.2, -0.15) is 13.2 Å². The first kappa shape index (κ1) is 19.2. The van der Waals surface area contributed by atoms with Crippen LogP contribution in [0.25, 0.3) is 0 Å². The van der Waals surface area contributed by atoms with Gasteiger partial charge in [0.25, 0.3) is 11.5 Å². The van der Waals surface area contributed by atoms with E-state index in [4.69, 9.17) is 0 Å². The van der Waals surface area contributed by atoms with Crippen molar-refractivity contribution in [3.8, 4) is 0 Å². The van der Waals surface area contributed by atoms with Gasteiger partial charge in [0.15, 0.2) is 0 Å². The van der Waals surface area contributed by atoms with Gasteiger partial charge in [0.2, 0.25) is 0 Å². The second-order valence-corrected chi connectivity index (χ2v) is 6.92. The van der Waals surface area contributed by atoms with Crippen molar-refractivity contribution in [3.05, 3.63) is 70.1 Å². The van der Waals surface area contributed by atoms with Gasteiger partial charge in [0.1, 0.15) is 5.56 Å². The van der Waals surface area contributed by atoms with Crippen LogP contribution in [0.15, 0.2) is 53.5 Å². The molecule has 2 unspecified atom stereocenters. The zero-order valence-corrected chi connectivity index (χ0v) is 14.7. The van der Waals surface area contributed by atoms with Crippen molar-refractivity contribution in [3.63, 3.8) is 0 Å². The fourth-order valence-electron chi connectivity index (χ4n) is 3.50. The van der Waals surface area contributed by atoms with Gasteiger partial charge in [-0.25, -0.2) is 0 Å². The Morgan fingerprint density at radius 3 is 2.56 bits per heavy atom. The Balaban J connectivity index is 1.72. The van der Waals surface area contributed by atoms with Crippen LogP contribution in [0.1, 0.15) is 41.6 Å². The molecule has 0 radical (unpaired) electrons. The number of alkyl halides is 3. The minimum Gasteiger partial charge on any atom is -0.349 e. The number of carbonyl (C=O) groups excluding carboxylic acids is 1. The molecule has 144 valence electrons. The van der Waals surface area contributed by atoms with Crippen molar-refractivity contribution in [2.75, 3.05) is 0 Å². The van der Waals surface area contributed by atoms with Crippen molar-refractivity contribution in [2.45, 2.75) is 44.4 Å². The summed E-state index contributed by atoms with van der Waals surface area (Å²) in [6.07, 6.45) is -1.82. The van der Waals surface area contributed by atoms with Gasteiger partial charge in [0, 0.05) is 12.2 Å². The van der Waals surface area contributed by atoms with E-state index in [1.54, 1.807) is 12.3 Å².